The van der Waals surface area contributed by atoms with Crippen molar-refractivity contribution in [3.63, 3.8) is 0 Å². The molecule has 0 amide bonds. The number of rotatable bonds is 5. The second-order valence-electron chi connectivity index (χ2n) is 10.3. The molecule has 0 spiro atoms. The number of imidazole rings is 1. The summed E-state index contributed by atoms with van der Waals surface area (Å²) in [7, 11) is 0. The van der Waals surface area contributed by atoms with Gasteiger partial charge in [0.15, 0.2) is 0 Å². The summed E-state index contributed by atoms with van der Waals surface area (Å²) in [6.45, 7) is 2.18. The van der Waals surface area contributed by atoms with Gasteiger partial charge in [-0.25, -0.2) is 4.98 Å². The normalized spacial score (nSPS) is 12.1. The lowest BCUT2D eigenvalue weighted by molar-refractivity contribution is 0.900. The molecule has 8 rings (SSSR count). The molecule has 41 heavy (non-hydrogen) atoms. The van der Waals surface area contributed by atoms with Crippen molar-refractivity contribution in [2.75, 3.05) is 4.90 Å². The van der Waals surface area contributed by atoms with E-state index < -0.39 is 0 Å². The molecule has 0 aliphatic carbocycles. The maximum Gasteiger partial charge on any atom is 0.114 e. The fourth-order valence-electron chi connectivity index (χ4n) is 5.98. The molecule has 1 aliphatic rings. The van der Waals surface area contributed by atoms with Gasteiger partial charge in [0.05, 0.1) is 28.1 Å². The van der Waals surface area contributed by atoms with E-state index in [9.17, 15) is 0 Å². The predicted molar refractivity (Wildman–Crippen MR) is 173 cm³/mol. The average Bonchev–Trinajstić information content (AvgIpc) is 3.68. The Kier molecular flexibility index (Phi) is 5.61. The average molecular weight is 546 g/mol. The Bertz CT molecular complexity index is 2020. The van der Waals surface area contributed by atoms with Crippen molar-refractivity contribution >= 4 is 39.4 Å². The van der Waals surface area contributed by atoms with Crippen LogP contribution in [-0.2, 0) is 6.42 Å². The molecule has 0 fully saturated rings. The largest absolute Gasteiger partial charge is 0.306 e. The zero-order valence-electron chi connectivity index (χ0n) is 22.7. The van der Waals surface area contributed by atoms with Crippen molar-refractivity contribution in [1.29, 1.82) is 0 Å². The molecule has 0 unspecified atom stereocenters. The lowest BCUT2D eigenvalue weighted by Crippen LogP contribution is -2.19. The van der Waals surface area contributed by atoms with E-state index >= 15 is 0 Å². The first-order chi connectivity index (χ1) is 20.3. The van der Waals surface area contributed by atoms with Gasteiger partial charge in [-0.1, -0.05) is 91.9 Å². The Morgan fingerprint density at radius 1 is 0.561 bits per heavy atom. The van der Waals surface area contributed by atoms with Crippen LogP contribution >= 0.6 is 11.3 Å². The van der Waals surface area contributed by atoms with Gasteiger partial charge in [0.25, 0.3) is 0 Å². The molecular weight excluding hydrogens is 518 g/mol. The Labute approximate surface area is 243 Å². The van der Waals surface area contributed by atoms with Gasteiger partial charge >= 0.3 is 0 Å². The van der Waals surface area contributed by atoms with Crippen molar-refractivity contribution in [2.45, 2.75) is 13.3 Å². The topological polar surface area (TPSA) is 21.1 Å². The minimum atomic E-state index is 0.865. The fourth-order valence-corrected chi connectivity index (χ4v) is 6.99. The fraction of sp³-hybridized carbons (Fsp3) is 0.0541. The van der Waals surface area contributed by atoms with Gasteiger partial charge in [-0.2, -0.15) is 0 Å². The molecule has 0 saturated carbocycles. The molecule has 3 heterocycles. The minimum Gasteiger partial charge on any atom is -0.306 e. The van der Waals surface area contributed by atoms with Crippen LogP contribution in [0.5, 0.6) is 0 Å². The second kappa shape index (κ2) is 9.61. The summed E-state index contributed by atoms with van der Waals surface area (Å²) >= 11 is 1.84. The second-order valence-corrected chi connectivity index (χ2v) is 11.4. The molecule has 196 valence electrons. The van der Waals surface area contributed by atoms with Crippen LogP contribution < -0.4 is 4.90 Å². The molecule has 3 nitrogen and oxygen atoms in total. The number of aryl methyl sites for hydroxylation is 1. The van der Waals surface area contributed by atoms with Crippen LogP contribution in [0.1, 0.15) is 12.7 Å². The molecule has 0 saturated heterocycles. The molecule has 0 atom stereocenters. The molecule has 5 aromatic carbocycles. The lowest BCUT2D eigenvalue weighted by atomic mass is 10.00. The van der Waals surface area contributed by atoms with E-state index in [2.05, 4.69) is 150 Å². The van der Waals surface area contributed by atoms with E-state index in [0.29, 0.717) is 0 Å². The van der Waals surface area contributed by atoms with E-state index in [0.717, 1.165) is 34.7 Å². The quantitative estimate of drug-likeness (QED) is 0.214. The summed E-state index contributed by atoms with van der Waals surface area (Å²) < 4.78 is 2.35. The minimum absolute atomic E-state index is 0.865. The number of hydrogen-bond donors (Lipinski definition) is 0. The zero-order valence-corrected chi connectivity index (χ0v) is 23.5. The SMILES string of the molecule is CCc1nc2cc(-c3ccc(-c4ccc(-c5ccccc5)s4)cc3)cc3c2n1-c1ccccc1N3c1ccccc1. The monoisotopic (exact) mass is 545 g/mol. The Morgan fingerprint density at radius 3 is 1.88 bits per heavy atom. The Morgan fingerprint density at radius 2 is 1.17 bits per heavy atom. The molecule has 0 radical (unpaired) electrons. The van der Waals surface area contributed by atoms with E-state index in [4.69, 9.17) is 4.98 Å². The van der Waals surface area contributed by atoms with Crippen molar-refractivity contribution in [1.82, 2.24) is 9.55 Å². The maximum atomic E-state index is 5.15. The summed E-state index contributed by atoms with van der Waals surface area (Å²) in [6, 6.07) is 47.9. The van der Waals surface area contributed by atoms with Gasteiger partial charge in [0.2, 0.25) is 0 Å². The smallest absolute Gasteiger partial charge is 0.114 e. The summed E-state index contributed by atoms with van der Waals surface area (Å²) in [4.78, 5) is 10.1. The van der Waals surface area contributed by atoms with Crippen LogP contribution in [-0.4, -0.2) is 9.55 Å². The predicted octanol–water partition coefficient (Wildman–Crippen LogP) is 10.4. The summed E-state index contributed by atoms with van der Waals surface area (Å²) in [6.07, 6.45) is 0.865. The van der Waals surface area contributed by atoms with Gasteiger partial charge in [0.1, 0.15) is 5.82 Å². The van der Waals surface area contributed by atoms with Crippen molar-refractivity contribution in [3.05, 3.63) is 139 Å². The number of aromatic nitrogens is 2. The highest BCUT2D eigenvalue weighted by Gasteiger charge is 2.29. The molecule has 2 aromatic heterocycles. The third-order valence-electron chi connectivity index (χ3n) is 7.90. The summed E-state index contributed by atoms with van der Waals surface area (Å²) in [5.41, 5.74) is 11.7. The van der Waals surface area contributed by atoms with Crippen LogP contribution in [0.3, 0.4) is 0 Å². The lowest BCUT2D eigenvalue weighted by Gasteiger charge is -2.33. The molecular formula is C37H27N3S. The van der Waals surface area contributed by atoms with Crippen LogP contribution in [0.15, 0.2) is 133 Å². The van der Waals surface area contributed by atoms with Gasteiger partial charge in [0, 0.05) is 21.9 Å². The maximum absolute atomic E-state index is 5.15. The van der Waals surface area contributed by atoms with Gasteiger partial charge in [-0.15, -0.1) is 11.3 Å². The molecule has 1 aliphatic heterocycles. The van der Waals surface area contributed by atoms with E-state index in [1.54, 1.807) is 0 Å². The Balaban J connectivity index is 1.25. The van der Waals surface area contributed by atoms with Crippen LogP contribution in [0.25, 0.3) is 48.7 Å². The third kappa shape index (κ3) is 3.91. The first kappa shape index (κ1) is 23.9. The Hall–Kier alpha value is -4.93. The third-order valence-corrected chi connectivity index (χ3v) is 9.09. The van der Waals surface area contributed by atoms with Crippen LogP contribution in [0.2, 0.25) is 0 Å². The summed E-state index contributed by atoms with van der Waals surface area (Å²) in [5, 5.41) is 0. The molecule has 0 N–H and O–H groups in total. The summed E-state index contributed by atoms with van der Waals surface area (Å²) in [5.74, 6) is 1.08. The highest BCUT2D eigenvalue weighted by atomic mass is 32.1. The van der Waals surface area contributed by atoms with Crippen molar-refractivity contribution in [2.24, 2.45) is 0 Å². The van der Waals surface area contributed by atoms with E-state index in [-0.39, 0.29) is 0 Å². The van der Waals surface area contributed by atoms with E-state index in [1.807, 2.05) is 11.3 Å². The highest BCUT2D eigenvalue weighted by molar-refractivity contribution is 7.18. The zero-order chi connectivity index (χ0) is 27.3. The van der Waals surface area contributed by atoms with E-state index in [1.165, 1.54) is 43.4 Å². The highest BCUT2D eigenvalue weighted by Crippen LogP contribution is 2.48. The van der Waals surface area contributed by atoms with Crippen LogP contribution in [0, 0.1) is 0 Å². The molecule has 0 bridgehead atoms. The first-order valence-corrected chi connectivity index (χ1v) is 14.9. The number of nitrogens with zero attached hydrogens (tertiary/aromatic N) is 3. The number of hydrogen-bond acceptors (Lipinski definition) is 3. The number of para-hydroxylation sites is 3. The van der Waals surface area contributed by atoms with Crippen LogP contribution in [0.4, 0.5) is 17.1 Å². The van der Waals surface area contributed by atoms with Crippen molar-refractivity contribution < 1.29 is 0 Å². The standard InChI is InChI=1S/C37H27N3S/c1-2-36-38-30-23-28(25-17-19-27(20-18-25)35-22-21-34(41-35)26-11-5-3-6-12-26)24-33-37(30)40(36)32-16-10-9-15-31(32)39(33)29-13-7-4-8-14-29/h3-24H,2H2,1H3. The molecule has 7 aromatic rings. The number of thiophene rings is 1. The number of anilines is 3. The first-order valence-electron chi connectivity index (χ1n) is 14.0. The number of fused-ring (bicyclic) bond motifs is 2. The number of benzene rings is 5. The van der Waals surface area contributed by atoms with Crippen molar-refractivity contribution in [3.8, 4) is 37.7 Å². The molecule has 4 heteroatoms. The van der Waals surface area contributed by atoms with Gasteiger partial charge in [-0.05, 0) is 70.8 Å². The van der Waals surface area contributed by atoms with Gasteiger partial charge < -0.3 is 4.90 Å². The van der Waals surface area contributed by atoms with Gasteiger partial charge in [-0.3, -0.25) is 4.57 Å².